The summed E-state index contributed by atoms with van der Waals surface area (Å²) >= 11 is 1.19. The van der Waals surface area contributed by atoms with Gasteiger partial charge in [0.2, 0.25) is 10.1 Å². The number of amides is 1. The van der Waals surface area contributed by atoms with Crippen molar-refractivity contribution in [2.45, 2.75) is 13.3 Å². The van der Waals surface area contributed by atoms with Crippen molar-refractivity contribution in [3.05, 3.63) is 35.1 Å². The highest BCUT2D eigenvalue weighted by Crippen LogP contribution is 2.20. The number of nitrogens with zero attached hydrogens (tertiary/aromatic N) is 3. The molecule has 2 aromatic rings. The third-order valence-electron chi connectivity index (χ3n) is 2.63. The van der Waals surface area contributed by atoms with Gasteiger partial charge in [-0.3, -0.25) is 4.79 Å². The number of hydrogen-bond donors (Lipinski definition) is 1. The van der Waals surface area contributed by atoms with E-state index in [0.717, 1.165) is 13.0 Å². The average molecular weight is 294 g/mol. The summed E-state index contributed by atoms with van der Waals surface area (Å²) < 4.78 is 13.2. The summed E-state index contributed by atoms with van der Waals surface area (Å²) in [5.41, 5.74) is 0.480. The lowest BCUT2D eigenvalue weighted by molar-refractivity contribution is 0.0992. The zero-order chi connectivity index (χ0) is 14.5. The Morgan fingerprint density at radius 1 is 1.45 bits per heavy atom. The van der Waals surface area contributed by atoms with Gasteiger partial charge in [0, 0.05) is 19.3 Å². The Morgan fingerprint density at radius 2 is 2.25 bits per heavy atom. The second-order valence-corrected chi connectivity index (χ2v) is 5.16. The van der Waals surface area contributed by atoms with E-state index in [1.165, 1.54) is 28.4 Å². The molecule has 1 N–H and O–H groups in total. The van der Waals surface area contributed by atoms with Gasteiger partial charge in [0.25, 0.3) is 5.91 Å². The second kappa shape index (κ2) is 6.42. The molecule has 2 rings (SSSR count). The number of carbonyl (C=O) groups is 1. The largest absolute Gasteiger partial charge is 0.360 e. The van der Waals surface area contributed by atoms with Crippen molar-refractivity contribution in [2.75, 3.05) is 23.8 Å². The molecule has 1 amide bonds. The van der Waals surface area contributed by atoms with Crippen LogP contribution < -0.4 is 10.2 Å². The van der Waals surface area contributed by atoms with Crippen molar-refractivity contribution in [3.63, 3.8) is 0 Å². The lowest BCUT2D eigenvalue weighted by Crippen LogP contribution is -2.26. The Hall–Kier alpha value is -2.02. The number of carbonyl (C=O) groups excluding carboxylic acids is 1. The smallest absolute Gasteiger partial charge is 0.289 e. The molecule has 0 unspecified atom stereocenters. The third kappa shape index (κ3) is 3.30. The van der Waals surface area contributed by atoms with Crippen LogP contribution >= 0.6 is 11.3 Å². The van der Waals surface area contributed by atoms with Crippen LogP contribution in [0.15, 0.2) is 24.3 Å². The fourth-order valence-electron chi connectivity index (χ4n) is 1.56. The minimum atomic E-state index is -0.385. The lowest BCUT2D eigenvalue weighted by atomic mass is 10.3. The van der Waals surface area contributed by atoms with Crippen LogP contribution in [0.1, 0.15) is 23.1 Å². The van der Waals surface area contributed by atoms with E-state index in [1.807, 2.05) is 6.92 Å². The van der Waals surface area contributed by atoms with Gasteiger partial charge in [-0.1, -0.05) is 24.3 Å². The van der Waals surface area contributed by atoms with Crippen molar-refractivity contribution in [1.82, 2.24) is 10.2 Å². The zero-order valence-electron chi connectivity index (χ0n) is 11.3. The molecule has 0 aliphatic heterocycles. The minimum absolute atomic E-state index is 0.273. The van der Waals surface area contributed by atoms with Gasteiger partial charge in [0.15, 0.2) is 0 Å². The van der Waals surface area contributed by atoms with E-state index >= 15 is 0 Å². The van der Waals surface area contributed by atoms with Crippen molar-refractivity contribution in [3.8, 4) is 0 Å². The third-order valence-corrected chi connectivity index (χ3v) is 3.50. The highest BCUT2D eigenvalue weighted by atomic mass is 32.1. The van der Waals surface area contributed by atoms with E-state index in [4.69, 9.17) is 0 Å². The van der Waals surface area contributed by atoms with Crippen LogP contribution in [0.4, 0.5) is 15.2 Å². The lowest BCUT2D eigenvalue weighted by Gasteiger charge is -2.15. The molecule has 1 heterocycles. The molecule has 0 fully saturated rings. The summed E-state index contributed by atoms with van der Waals surface area (Å²) in [4.78, 5) is 13.6. The van der Waals surface area contributed by atoms with Crippen LogP contribution in [-0.2, 0) is 0 Å². The first-order valence-corrected chi connectivity index (χ1v) is 7.04. The van der Waals surface area contributed by atoms with Gasteiger partial charge in [-0.2, -0.15) is 0 Å². The molecular formula is C13H15FN4OS. The molecule has 7 heteroatoms. The molecule has 0 aliphatic rings. The average Bonchev–Trinajstić information content (AvgIpc) is 2.92. The SMILES string of the molecule is CCCNc1nnc(C(=O)N(C)c2cccc(F)c2)s1. The fraction of sp³-hybridized carbons (Fsp3) is 0.308. The van der Waals surface area contributed by atoms with Crippen molar-refractivity contribution >= 4 is 28.1 Å². The molecule has 0 saturated carbocycles. The maximum absolute atomic E-state index is 13.2. The molecule has 20 heavy (non-hydrogen) atoms. The quantitative estimate of drug-likeness (QED) is 0.921. The molecule has 0 saturated heterocycles. The molecule has 0 aliphatic carbocycles. The van der Waals surface area contributed by atoms with Gasteiger partial charge < -0.3 is 10.2 Å². The highest BCUT2D eigenvalue weighted by Gasteiger charge is 2.18. The summed E-state index contributed by atoms with van der Waals surface area (Å²) in [6, 6.07) is 5.86. The molecule has 0 atom stereocenters. The molecular weight excluding hydrogens is 279 g/mol. The molecule has 1 aromatic heterocycles. The van der Waals surface area contributed by atoms with Gasteiger partial charge in [-0.05, 0) is 24.6 Å². The fourth-order valence-corrected chi connectivity index (χ4v) is 2.30. The highest BCUT2D eigenvalue weighted by molar-refractivity contribution is 7.17. The topological polar surface area (TPSA) is 58.1 Å². The van der Waals surface area contributed by atoms with Gasteiger partial charge in [0.05, 0.1) is 0 Å². The monoisotopic (exact) mass is 294 g/mol. The Bertz CT molecular complexity index is 602. The van der Waals surface area contributed by atoms with Crippen molar-refractivity contribution in [2.24, 2.45) is 0 Å². The molecule has 0 bridgehead atoms. The maximum atomic E-state index is 13.2. The van der Waals surface area contributed by atoms with Gasteiger partial charge in [-0.25, -0.2) is 4.39 Å². The van der Waals surface area contributed by atoms with Gasteiger partial charge in [0.1, 0.15) is 5.82 Å². The van der Waals surface area contributed by atoms with Crippen LogP contribution in [0, 0.1) is 5.82 Å². The first kappa shape index (κ1) is 14.4. The molecule has 1 aromatic carbocycles. The predicted molar refractivity (Wildman–Crippen MR) is 77.8 cm³/mol. The summed E-state index contributed by atoms with van der Waals surface area (Å²) in [7, 11) is 1.58. The number of hydrogen-bond acceptors (Lipinski definition) is 5. The maximum Gasteiger partial charge on any atom is 0.289 e. The Morgan fingerprint density at radius 3 is 2.95 bits per heavy atom. The van der Waals surface area contributed by atoms with Crippen LogP contribution in [0.25, 0.3) is 0 Å². The molecule has 5 nitrogen and oxygen atoms in total. The Labute approximate surface area is 120 Å². The summed E-state index contributed by atoms with van der Waals surface area (Å²) in [5.74, 6) is -0.692. The van der Waals surface area contributed by atoms with E-state index in [9.17, 15) is 9.18 Å². The molecule has 0 radical (unpaired) electrons. The van der Waals surface area contributed by atoms with Crippen molar-refractivity contribution in [1.29, 1.82) is 0 Å². The summed E-state index contributed by atoms with van der Waals surface area (Å²) in [5, 5.41) is 11.7. The molecule has 0 spiro atoms. The predicted octanol–water partition coefficient (Wildman–Crippen LogP) is 2.78. The Balaban J connectivity index is 2.12. The zero-order valence-corrected chi connectivity index (χ0v) is 12.1. The molecule has 106 valence electrons. The number of nitrogens with one attached hydrogen (secondary N) is 1. The minimum Gasteiger partial charge on any atom is -0.360 e. The number of rotatable bonds is 5. The first-order valence-electron chi connectivity index (χ1n) is 6.23. The standard InChI is InChI=1S/C13H15FN4OS/c1-3-7-15-13-17-16-11(20-13)12(19)18(2)10-6-4-5-9(14)8-10/h4-6,8H,3,7H2,1-2H3,(H,15,17). The van der Waals surface area contributed by atoms with Crippen LogP contribution in [0.3, 0.4) is 0 Å². The van der Waals surface area contributed by atoms with E-state index < -0.39 is 0 Å². The van der Waals surface area contributed by atoms with Crippen LogP contribution in [-0.4, -0.2) is 29.7 Å². The second-order valence-electron chi connectivity index (χ2n) is 4.18. The van der Waals surface area contributed by atoms with E-state index in [-0.39, 0.29) is 16.7 Å². The number of anilines is 2. The Kier molecular flexibility index (Phi) is 4.62. The summed E-state index contributed by atoms with van der Waals surface area (Å²) in [6.45, 7) is 2.82. The van der Waals surface area contributed by atoms with Crippen LogP contribution in [0.5, 0.6) is 0 Å². The van der Waals surface area contributed by atoms with E-state index in [2.05, 4.69) is 15.5 Å². The number of halogens is 1. The van der Waals surface area contributed by atoms with Gasteiger partial charge >= 0.3 is 0 Å². The van der Waals surface area contributed by atoms with E-state index in [0.29, 0.717) is 10.8 Å². The van der Waals surface area contributed by atoms with Crippen molar-refractivity contribution < 1.29 is 9.18 Å². The van der Waals surface area contributed by atoms with Crippen LogP contribution in [0.2, 0.25) is 0 Å². The summed E-state index contributed by atoms with van der Waals surface area (Å²) in [6.07, 6.45) is 0.964. The van der Waals surface area contributed by atoms with E-state index in [1.54, 1.807) is 19.2 Å². The first-order chi connectivity index (χ1) is 9.61. The number of aromatic nitrogens is 2. The normalized spacial score (nSPS) is 10.3. The number of benzene rings is 1. The van der Waals surface area contributed by atoms with Gasteiger partial charge in [-0.15, -0.1) is 10.2 Å².